The van der Waals surface area contributed by atoms with Crippen molar-refractivity contribution >= 4 is 5.78 Å². The number of carbonyl (C=O) groups excluding carboxylic acids is 1. The Hall–Kier alpha value is -0.330. The Morgan fingerprint density at radius 1 is 1.14 bits per heavy atom. The molecule has 0 N–H and O–H groups in total. The highest BCUT2D eigenvalue weighted by Crippen LogP contribution is 2.59. The van der Waals surface area contributed by atoms with E-state index in [4.69, 9.17) is 0 Å². The molecule has 22 heavy (non-hydrogen) atoms. The molecule has 0 aromatic heterocycles. The van der Waals surface area contributed by atoms with Crippen LogP contribution in [0.2, 0.25) is 0 Å². The summed E-state index contributed by atoms with van der Waals surface area (Å²) in [5.74, 6) is 2.37. The van der Waals surface area contributed by atoms with Gasteiger partial charge in [-0.15, -0.1) is 0 Å². The molecule has 0 bridgehead atoms. The number of ketones is 1. The maximum Gasteiger partial charge on any atom is 0.136 e. The van der Waals surface area contributed by atoms with E-state index in [2.05, 4.69) is 48.5 Å². The average Bonchev–Trinajstić information content (AvgIpc) is 2.73. The van der Waals surface area contributed by atoms with Crippen molar-refractivity contribution < 1.29 is 4.79 Å². The first-order valence-electron chi connectivity index (χ1n) is 9.50. The van der Waals surface area contributed by atoms with E-state index in [-0.39, 0.29) is 5.41 Å². The normalized spacial score (nSPS) is 34.6. The van der Waals surface area contributed by atoms with Crippen molar-refractivity contribution in [1.82, 2.24) is 0 Å². The minimum atomic E-state index is 0.285. The van der Waals surface area contributed by atoms with Crippen molar-refractivity contribution in [3.63, 3.8) is 0 Å². The van der Waals surface area contributed by atoms with Crippen LogP contribution in [0, 0.1) is 34.0 Å². The second-order valence-electron chi connectivity index (χ2n) is 10.4. The van der Waals surface area contributed by atoms with Gasteiger partial charge in [-0.1, -0.05) is 48.5 Å². The maximum atomic E-state index is 12.4. The summed E-state index contributed by atoms with van der Waals surface area (Å²) in [5.41, 5.74) is 1.07. The Kier molecular flexibility index (Phi) is 4.87. The fourth-order valence-electron chi connectivity index (χ4n) is 5.26. The van der Waals surface area contributed by atoms with Crippen LogP contribution in [0.15, 0.2) is 0 Å². The highest BCUT2D eigenvalue weighted by molar-refractivity contribution is 5.83. The molecule has 4 atom stereocenters. The molecule has 0 saturated heterocycles. The zero-order valence-corrected chi connectivity index (χ0v) is 16.1. The molecule has 0 aliphatic heterocycles. The summed E-state index contributed by atoms with van der Waals surface area (Å²) in [7, 11) is 0. The molecule has 0 radical (unpaired) electrons. The summed E-state index contributed by atoms with van der Waals surface area (Å²) < 4.78 is 0. The highest BCUT2D eigenvalue weighted by Gasteiger charge is 2.54. The summed E-state index contributed by atoms with van der Waals surface area (Å²) in [6, 6.07) is 0. The number of fused-ring (bicyclic) bond motifs is 1. The van der Waals surface area contributed by atoms with E-state index in [1.807, 2.05) is 0 Å². The molecule has 0 spiro atoms. The summed E-state index contributed by atoms with van der Waals surface area (Å²) in [4.78, 5) is 12.4. The lowest BCUT2D eigenvalue weighted by molar-refractivity contribution is -0.130. The van der Waals surface area contributed by atoms with Crippen LogP contribution < -0.4 is 0 Å². The molecular weight excluding hydrogens is 268 g/mol. The lowest BCUT2D eigenvalue weighted by Gasteiger charge is -2.47. The van der Waals surface area contributed by atoms with Gasteiger partial charge in [0.2, 0.25) is 0 Å². The van der Waals surface area contributed by atoms with Gasteiger partial charge in [0.25, 0.3) is 0 Å². The van der Waals surface area contributed by atoms with E-state index >= 15 is 0 Å². The monoisotopic (exact) mass is 306 g/mol. The molecule has 2 rings (SSSR count). The van der Waals surface area contributed by atoms with Gasteiger partial charge in [0.15, 0.2) is 0 Å². The van der Waals surface area contributed by atoms with E-state index in [0.717, 1.165) is 25.2 Å². The summed E-state index contributed by atoms with van der Waals surface area (Å²) in [6.45, 7) is 16.9. The molecular formula is C21H38O. The highest BCUT2D eigenvalue weighted by atomic mass is 16.1. The molecule has 2 fully saturated rings. The molecule has 1 nitrogen and oxygen atoms in total. The Morgan fingerprint density at radius 3 is 2.36 bits per heavy atom. The number of hydrogen-bond acceptors (Lipinski definition) is 1. The van der Waals surface area contributed by atoms with Crippen molar-refractivity contribution in [2.75, 3.05) is 0 Å². The van der Waals surface area contributed by atoms with Crippen LogP contribution in [-0.4, -0.2) is 5.78 Å². The summed E-state index contributed by atoms with van der Waals surface area (Å²) in [5, 5.41) is 0. The third-order valence-electron chi connectivity index (χ3n) is 7.29. The Labute approximate surface area is 138 Å². The van der Waals surface area contributed by atoms with Crippen molar-refractivity contribution in [2.45, 2.75) is 93.4 Å². The van der Waals surface area contributed by atoms with Gasteiger partial charge in [0, 0.05) is 12.3 Å². The van der Waals surface area contributed by atoms with Crippen molar-refractivity contribution in [3.05, 3.63) is 0 Å². The molecule has 2 aliphatic rings. The second-order valence-corrected chi connectivity index (χ2v) is 10.4. The van der Waals surface area contributed by atoms with Gasteiger partial charge in [-0.2, -0.15) is 0 Å². The van der Waals surface area contributed by atoms with Crippen LogP contribution in [0.25, 0.3) is 0 Å². The van der Waals surface area contributed by atoms with Gasteiger partial charge in [-0.25, -0.2) is 0 Å². The topological polar surface area (TPSA) is 17.1 Å². The van der Waals surface area contributed by atoms with Gasteiger partial charge >= 0.3 is 0 Å². The fraction of sp³-hybridized carbons (Fsp3) is 0.952. The van der Waals surface area contributed by atoms with E-state index in [1.165, 1.54) is 25.7 Å². The van der Waals surface area contributed by atoms with E-state index in [9.17, 15) is 4.79 Å². The average molecular weight is 307 g/mol. The molecule has 1 heteroatoms. The standard InChI is InChI=1S/C21H38O/c1-15(20(5,6)14-13-19(2,3)4)16-10-11-17-18(22)9-8-12-21(16,17)7/h15-17H,8-14H2,1-7H3/t15-,16?,17?,21-/m1/s1. The first-order valence-corrected chi connectivity index (χ1v) is 9.50. The third kappa shape index (κ3) is 3.44. The van der Waals surface area contributed by atoms with Crippen LogP contribution in [-0.2, 0) is 4.79 Å². The van der Waals surface area contributed by atoms with E-state index in [1.54, 1.807) is 0 Å². The lowest BCUT2D eigenvalue weighted by atomic mass is 9.57. The van der Waals surface area contributed by atoms with Crippen molar-refractivity contribution in [2.24, 2.45) is 34.0 Å². The molecule has 2 aliphatic carbocycles. The largest absolute Gasteiger partial charge is 0.299 e. The first-order chi connectivity index (χ1) is 9.97. The summed E-state index contributed by atoms with van der Waals surface area (Å²) >= 11 is 0. The number of Topliss-reactive ketones (excluding diaryl/α,β-unsaturated/α-hetero) is 1. The van der Waals surface area contributed by atoms with Crippen LogP contribution in [0.1, 0.15) is 93.4 Å². The minimum absolute atomic E-state index is 0.285. The Morgan fingerprint density at radius 2 is 1.77 bits per heavy atom. The Bertz CT molecular complexity index is 414. The Balaban J connectivity index is 2.11. The zero-order chi connectivity index (χ0) is 16.8. The van der Waals surface area contributed by atoms with Gasteiger partial charge < -0.3 is 0 Å². The molecule has 0 amide bonds. The molecule has 0 heterocycles. The zero-order valence-electron chi connectivity index (χ0n) is 16.1. The van der Waals surface area contributed by atoms with Crippen LogP contribution >= 0.6 is 0 Å². The van der Waals surface area contributed by atoms with E-state index < -0.39 is 0 Å². The van der Waals surface area contributed by atoms with Gasteiger partial charge in [0.05, 0.1) is 0 Å². The van der Waals surface area contributed by atoms with E-state index in [0.29, 0.717) is 28.4 Å². The van der Waals surface area contributed by atoms with Gasteiger partial charge in [-0.3, -0.25) is 4.79 Å². The predicted octanol–water partition coefficient (Wildman–Crippen LogP) is 6.26. The SMILES string of the molecule is C[C@H](C1CCC2C(=O)CCC[C@@]21C)C(C)(C)CCC(C)(C)C. The van der Waals surface area contributed by atoms with Crippen LogP contribution in [0.3, 0.4) is 0 Å². The smallest absolute Gasteiger partial charge is 0.136 e. The predicted molar refractivity (Wildman–Crippen MR) is 94.8 cm³/mol. The number of hydrogen-bond donors (Lipinski definition) is 0. The maximum absolute atomic E-state index is 12.4. The number of carbonyl (C=O) groups is 1. The fourth-order valence-corrected chi connectivity index (χ4v) is 5.26. The quantitative estimate of drug-likeness (QED) is 0.599. The van der Waals surface area contributed by atoms with Crippen LogP contribution in [0.5, 0.6) is 0 Å². The van der Waals surface area contributed by atoms with Crippen molar-refractivity contribution in [3.8, 4) is 0 Å². The molecule has 2 unspecified atom stereocenters. The van der Waals surface area contributed by atoms with Gasteiger partial charge in [-0.05, 0) is 66.6 Å². The first kappa shape index (κ1) is 18.0. The third-order valence-corrected chi connectivity index (χ3v) is 7.29. The summed E-state index contributed by atoms with van der Waals surface area (Å²) in [6.07, 6.45) is 8.24. The lowest BCUT2D eigenvalue weighted by Crippen LogP contribution is -2.42. The van der Waals surface area contributed by atoms with Crippen molar-refractivity contribution in [1.29, 1.82) is 0 Å². The molecule has 128 valence electrons. The minimum Gasteiger partial charge on any atom is -0.299 e. The second kappa shape index (κ2) is 5.95. The molecule has 0 aromatic rings. The molecule has 2 saturated carbocycles. The number of rotatable bonds is 4. The van der Waals surface area contributed by atoms with Crippen LogP contribution in [0.4, 0.5) is 0 Å². The molecule has 0 aromatic carbocycles. The van der Waals surface area contributed by atoms with Gasteiger partial charge in [0.1, 0.15) is 5.78 Å².